The fourth-order valence-corrected chi connectivity index (χ4v) is 3.19. The number of rotatable bonds is 1. The molecule has 1 saturated carbocycles. The first-order valence-electron chi connectivity index (χ1n) is 5.86. The fraction of sp³-hybridized carbons (Fsp3) is 0.818. The average Bonchev–Trinajstić information content (AvgIpc) is 2.76. The zero-order valence-electron chi connectivity index (χ0n) is 9.40. The molecule has 1 aromatic heterocycles. The summed E-state index contributed by atoms with van der Waals surface area (Å²) in [6, 6.07) is 0.771. The van der Waals surface area contributed by atoms with E-state index in [0.717, 1.165) is 30.7 Å². The van der Waals surface area contributed by atoms with Gasteiger partial charge in [0.2, 0.25) is 0 Å². The predicted octanol–water partition coefficient (Wildman–Crippen LogP) is 0.528. The van der Waals surface area contributed by atoms with E-state index in [4.69, 9.17) is 0 Å². The molecule has 0 radical (unpaired) electrons. The highest BCUT2D eigenvalue weighted by molar-refractivity contribution is 5.16. The first-order valence-corrected chi connectivity index (χ1v) is 5.86. The lowest BCUT2D eigenvalue weighted by Gasteiger charge is -2.07. The quantitative estimate of drug-likeness (QED) is 0.729. The summed E-state index contributed by atoms with van der Waals surface area (Å²) < 4.78 is 1.95. The summed E-state index contributed by atoms with van der Waals surface area (Å²) in [6.45, 7) is 0. The van der Waals surface area contributed by atoms with Gasteiger partial charge >= 0.3 is 0 Å². The second-order valence-corrected chi connectivity index (χ2v) is 4.83. The highest BCUT2D eigenvalue weighted by atomic mass is 15.4. The molecule has 3 atom stereocenters. The third-order valence-corrected chi connectivity index (χ3v) is 4.12. The van der Waals surface area contributed by atoms with Gasteiger partial charge in [0, 0.05) is 13.1 Å². The summed E-state index contributed by atoms with van der Waals surface area (Å²) in [5.41, 5.74) is 2.59. The second-order valence-electron chi connectivity index (χ2n) is 4.83. The number of aryl methyl sites for hydroxylation is 2. The Hall–Kier alpha value is -0.900. The molecule has 1 unspecified atom stereocenters. The van der Waals surface area contributed by atoms with Gasteiger partial charge in [-0.1, -0.05) is 5.21 Å². The number of hydrogen-bond donors (Lipinski definition) is 1. The molecule has 1 aromatic rings. The van der Waals surface area contributed by atoms with E-state index in [1.165, 1.54) is 24.2 Å². The Morgan fingerprint density at radius 2 is 2.00 bits per heavy atom. The van der Waals surface area contributed by atoms with Gasteiger partial charge in [-0.15, -0.1) is 5.10 Å². The van der Waals surface area contributed by atoms with Crippen LogP contribution in [0.5, 0.6) is 0 Å². The van der Waals surface area contributed by atoms with E-state index in [0.29, 0.717) is 0 Å². The molecule has 4 nitrogen and oxygen atoms in total. The lowest BCUT2D eigenvalue weighted by atomic mass is 10.0. The van der Waals surface area contributed by atoms with Gasteiger partial charge in [-0.2, -0.15) is 0 Å². The molecule has 0 amide bonds. The van der Waals surface area contributed by atoms with E-state index < -0.39 is 0 Å². The Morgan fingerprint density at radius 3 is 2.73 bits per heavy atom. The van der Waals surface area contributed by atoms with E-state index >= 15 is 0 Å². The molecule has 2 aliphatic carbocycles. The van der Waals surface area contributed by atoms with Crippen molar-refractivity contribution < 1.29 is 0 Å². The molecule has 0 aliphatic heterocycles. The molecular weight excluding hydrogens is 188 g/mol. The molecule has 15 heavy (non-hydrogen) atoms. The van der Waals surface area contributed by atoms with E-state index in [-0.39, 0.29) is 0 Å². The molecule has 1 fully saturated rings. The van der Waals surface area contributed by atoms with Crippen molar-refractivity contribution in [3.05, 3.63) is 11.4 Å². The minimum absolute atomic E-state index is 0.771. The summed E-state index contributed by atoms with van der Waals surface area (Å²) in [7, 11) is 4.09. The van der Waals surface area contributed by atoms with Crippen LogP contribution in [0, 0.1) is 11.8 Å². The molecular formula is C11H18N4. The fourth-order valence-electron chi connectivity index (χ4n) is 3.19. The topological polar surface area (TPSA) is 42.7 Å². The Bertz CT molecular complexity index is 371. The van der Waals surface area contributed by atoms with Crippen molar-refractivity contribution >= 4 is 0 Å². The Labute approximate surface area is 90.0 Å². The SMILES string of the molecule is CNC1[C@H]2CCc3c(nnn3C)CC[C@@H]12. The molecule has 1 heterocycles. The molecule has 0 bridgehead atoms. The summed E-state index contributed by atoms with van der Waals surface area (Å²) in [4.78, 5) is 0. The van der Waals surface area contributed by atoms with Crippen LogP contribution in [0.25, 0.3) is 0 Å². The number of nitrogens with zero attached hydrogens (tertiary/aromatic N) is 3. The van der Waals surface area contributed by atoms with Crippen LogP contribution in [0.3, 0.4) is 0 Å². The van der Waals surface area contributed by atoms with Crippen LogP contribution in [-0.2, 0) is 19.9 Å². The lowest BCUT2D eigenvalue weighted by Crippen LogP contribution is -2.12. The van der Waals surface area contributed by atoms with Crippen molar-refractivity contribution in [2.75, 3.05) is 7.05 Å². The monoisotopic (exact) mass is 206 g/mol. The van der Waals surface area contributed by atoms with E-state index in [1.54, 1.807) is 0 Å². The molecule has 4 heteroatoms. The highest BCUT2D eigenvalue weighted by Crippen LogP contribution is 2.46. The summed E-state index contributed by atoms with van der Waals surface area (Å²) >= 11 is 0. The van der Waals surface area contributed by atoms with Gasteiger partial charge in [0.25, 0.3) is 0 Å². The van der Waals surface area contributed by atoms with E-state index in [9.17, 15) is 0 Å². The first-order chi connectivity index (χ1) is 7.31. The van der Waals surface area contributed by atoms with Gasteiger partial charge in [-0.25, -0.2) is 0 Å². The van der Waals surface area contributed by atoms with Crippen molar-refractivity contribution in [3.8, 4) is 0 Å². The smallest absolute Gasteiger partial charge is 0.0859 e. The third kappa shape index (κ3) is 1.39. The molecule has 0 spiro atoms. The lowest BCUT2D eigenvalue weighted by molar-refractivity contribution is 0.566. The summed E-state index contributed by atoms with van der Waals surface area (Å²) in [5, 5.41) is 11.8. The van der Waals surface area contributed by atoms with Crippen LogP contribution >= 0.6 is 0 Å². The number of fused-ring (bicyclic) bond motifs is 2. The average molecular weight is 206 g/mol. The Kier molecular flexibility index (Phi) is 2.06. The number of nitrogens with one attached hydrogen (secondary N) is 1. The van der Waals surface area contributed by atoms with E-state index in [2.05, 4.69) is 22.7 Å². The van der Waals surface area contributed by atoms with Gasteiger partial charge in [0.15, 0.2) is 0 Å². The maximum absolute atomic E-state index is 4.25. The summed E-state index contributed by atoms with van der Waals surface area (Å²) in [6.07, 6.45) is 4.84. The van der Waals surface area contributed by atoms with Crippen molar-refractivity contribution in [1.29, 1.82) is 0 Å². The molecule has 2 aliphatic rings. The first kappa shape index (κ1) is 9.33. The minimum atomic E-state index is 0.771. The highest BCUT2D eigenvalue weighted by Gasteiger charge is 2.48. The largest absolute Gasteiger partial charge is 0.316 e. The molecule has 3 rings (SSSR count). The zero-order chi connectivity index (χ0) is 10.4. The van der Waals surface area contributed by atoms with Gasteiger partial charge in [0.1, 0.15) is 0 Å². The van der Waals surface area contributed by atoms with Gasteiger partial charge < -0.3 is 5.32 Å². The van der Waals surface area contributed by atoms with Crippen LogP contribution in [0.2, 0.25) is 0 Å². The number of hydrogen-bond acceptors (Lipinski definition) is 3. The van der Waals surface area contributed by atoms with Crippen LogP contribution in [0.15, 0.2) is 0 Å². The Morgan fingerprint density at radius 1 is 1.27 bits per heavy atom. The molecule has 1 N–H and O–H groups in total. The molecule has 82 valence electrons. The van der Waals surface area contributed by atoms with Crippen molar-refractivity contribution in [2.24, 2.45) is 18.9 Å². The van der Waals surface area contributed by atoms with Crippen molar-refractivity contribution in [1.82, 2.24) is 20.3 Å². The molecule has 0 aromatic carbocycles. The van der Waals surface area contributed by atoms with Crippen LogP contribution in [-0.4, -0.2) is 28.1 Å². The van der Waals surface area contributed by atoms with Gasteiger partial charge in [-0.05, 0) is 44.6 Å². The van der Waals surface area contributed by atoms with Crippen molar-refractivity contribution in [3.63, 3.8) is 0 Å². The maximum Gasteiger partial charge on any atom is 0.0859 e. The number of aromatic nitrogens is 3. The van der Waals surface area contributed by atoms with Crippen LogP contribution in [0.4, 0.5) is 0 Å². The van der Waals surface area contributed by atoms with Gasteiger partial charge in [0.05, 0.1) is 11.4 Å². The van der Waals surface area contributed by atoms with Crippen LogP contribution < -0.4 is 5.32 Å². The predicted molar refractivity (Wildman–Crippen MR) is 57.5 cm³/mol. The van der Waals surface area contributed by atoms with Crippen LogP contribution in [0.1, 0.15) is 24.2 Å². The maximum atomic E-state index is 4.25. The normalized spacial score (nSPS) is 33.9. The third-order valence-electron chi connectivity index (χ3n) is 4.12. The zero-order valence-corrected chi connectivity index (χ0v) is 9.40. The Balaban J connectivity index is 1.80. The summed E-state index contributed by atoms with van der Waals surface area (Å²) in [5.74, 6) is 1.79. The van der Waals surface area contributed by atoms with Gasteiger partial charge in [-0.3, -0.25) is 4.68 Å². The standard InChI is InChI=1S/C11H18N4/c1-12-11-7-3-5-9-10(6-4-8(7)11)15(2)14-13-9/h7-8,11-12H,3-6H2,1-2H3/t7-,8+,11?/m1/s1. The second kappa shape index (κ2) is 3.30. The van der Waals surface area contributed by atoms with Crippen molar-refractivity contribution in [2.45, 2.75) is 31.7 Å². The van der Waals surface area contributed by atoms with E-state index in [1.807, 2.05) is 11.7 Å². The molecule has 0 saturated heterocycles. The minimum Gasteiger partial charge on any atom is -0.316 e.